The smallest absolute Gasteiger partial charge is 0.390 e. The zero-order valence-corrected chi connectivity index (χ0v) is 23.9. The number of halogens is 6. The van der Waals surface area contributed by atoms with Crippen LogP contribution in [0.3, 0.4) is 0 Å². The maximum Gasteiger partial charge on any atom is 0.390 e. The Morgan fingerprint density at radius 1 is 1.05 bits per heavy atom. The third-order valence-corrected chi connectivity index (χ3v) is 8.10. The molecule has 0 bridgehead atoms. The van der Waals surface area contributed by atoms with E-state index in [0.717, 1.165) is 6.07 Å². The van der Waals surface area contributed by atoms with Crippen LogP contribution in [0.25, 0.3) is 0 Å². The number of aliphatic hydroxyl groups excluding tert-OH is 1. The number of amides is 2. The summed E-state index contributed by atoms with van der Waals surface area (Å²) in [6.45, 7) is 2.56. The van der Waals surface area contributed by atoms with Crippen LogP contribution in [-0.2, 0) is 11.3 Å². The van der Waals surface area contributed by atoms with Crippen LogP contribution in [0.2, 0.25) is 5.02 Å². The number of alkyl halides is 3. The molecule has 230 valence electrons. The Labute approximate surface area is 246 Å². The SMILES string of the molecule is C[C@@H]1CN(CCC(F)(F)F)CCN1c1cc(Cl)ccc1NC(=O)c1ccc(CNC(=O)C2CCC(O)CC2)c(F)c1F. The van der Waals surface area contributed by atoms with Gasteiger partial charge in [-0.2, -0.15) is 13.2 Å². The van der Waals surface area contributed by atoms with Crippen LogP contribution < -0.4 is 15.5 Å². The van der Waals surface area contributed by atoms with Crippen LogP contribution in [0.1, 0.15) is 54.9 Å². The van der Waals surface area contributed by atoms with E-state index in [9.17, 15) is 32.3 Å². The standard InChI is InChI=1S/C29H34ClF5N4O3/c1-17-16-38(11-10-29(33,34)35)12-13-39(17)24-14-20(30)5-9-23(24)37-28(42)22-8-4-19(25(31)26(22)32)15-36-27(41)18-2-6-21(40)7-3-18/h4-5,8-9,14,17-18,21,40H,2-3,6-7,10-13,15-16H2,1H3,(H,36,41)(H,37,42)/t17-,18?,21?/m1/s1. The maximum absolute atomic E-state index is 15.0. The monoisotopic (exact) mass is 616 g/mol. The summed E-state index contributed by atoms with van der Waals surface area (Å²) in [7, 11) is 0. The van der Waals surface area contributed by atoms with Gasteiger partial charge in [0.2, 0.25) is 5.91 Å². The zero-order valence-electron chi connectivity index (χ0n) is 23.1. The zero-order chi connectivity index (χ0) is 30.6. The second kappa shape index (κ2) is 13.6. The molecule has 42 heavy (non-hydrogen) atoms. The molecule has 1 aliphatic carbocycles. The van der Waals surface area contributed by atoms with Crippen molar-refractivity contribution >= 4 is 34.8 Å². The second-order valence-electron chi connectivity index (χ2n) is 10.9. The molecule has 1 saturated heterocycles. The van der Waals surface area contributed by atoms with Crippen molar-refractivity contribution in [2.75, 3.05) is 36.4 Å². The highest BCUT2D eigenvalue weighted by atomic mass is 35.5. The third kappa shape index (κ3) is 8.11. The van der Waals surface area contributed by atoms with E-state index >= 15 is 4.39 Å². The topological polar surface area (TPSA) is 84.9 Å². The van der Waals surface area contributed by atoms with Crippen molar-refractivity contribution in [1.29, 1.82) is 0 Å². The number of aliphatic hydroxyl groups is 1. The number of anilines is 2. The van der Waals surface area contributed by atoms with E-state index in [1.807, 2.05) is 11.8 Å². The number of hydrogen-bond donors (Lipinski definition) is 3. The van der Waals surface area contributed by atoms with Crippen LogP contribution in [0.5, 0.6) is 0 Å². The summed E-state index contributed by atoms with van der Waals surface area (Å²) in [5, 5.41) is 15.2. The highest BCUT2D eigenvalue weighted by Crippen LogP contribution is 2.33. The van der Waals surface area contributed by atoms with E-state index in [-0.39, 0.29) is 42.2 Å². The number of nitrogens with zero attached hydrogens (tertiary/aromatic N) is 2. The number of benzene rings is 2. The minimum absolute atomic E-state index is 0.113. The van der Waals surface area contributed by atoms with Gasteiger partial charge in [0.25, 0.3) is 5.91 Å². The molecule has 1 saturated carbocycles. The summed E-state index contributed by atoms with van der Waals surface area (Å²) in [6.07, 6.45) is -3.52. The van der Waals surface area contributed by atoms with E-state index in [0.29, 0.717) is 56.0 Å². The van der Waals surface area contributed by atoms with Crippen molar-refractivity contribution < 1.29 is 36.6 Å². The largest absolute Gasteiger partial charge is 0.393 e. The Morgan fingerprint density at radius 3 is 2.43 bits per heavy atom. The number of carbonyl (C=O) groups is 2. The van der Waals surface area contributed by atoms with Gasteiger partial charge in [-0.1, -0.05) is 17.7 Å². The molecule has 2 aliphatic rings. The molecule has 3 N–H and O–H groups in total. The van der Waals surface area contributed by atoms with Crippen LogP contribution >= 0.6 is 11.6 Å². The molecule has 4 rings (SSSR count). The number of nitrogens with one attached hydrogen (secondary N) is 2. The van der Waals surface area contributed by atoms with Crippen molar-refractivity contribution in [2.24, 2.45) is 5.92 Å². The molecule has 2 fully saturated rings. The predicted octanol–water partition coefficient (Wildman–Crippen LogP) is 5.50. The molecule has 2 aromatic rings. The third-order valence-electron chi connectivity index (χ3n) is 7.87. The molecule has 0 radical (unpaired) electrons. The Hall–Kier alpha value is -2.96. The van der Waals surface area contributed by atoms with Crippen LogP contribution in [0.15, 0.2) is 30.3 Å². The van der Waals surface area contributed by atoms with E-state index in [1.54, 1.807) is 11.0 Å². The van der Waals surface area contributed by atoms with Crippen LogP contribution in [0.4, 0.5) is 33.3 Å². The predicted molar refractivity (Wildman–Crippen MR) is 149 cm³/mol. The summed E-state index contributed by atoms with van der Waals surface area (Å²) < 4.78 is 67.9. The number of carbonyl (C=O) groups excluding carboxylic acids is 2. The molecule has 0 spiro atoms. The first kappa shape index (κ1) is 32.0. The summed E-state index contributed by atoms with van der Waals surface area (Å²) in [5.41, 5.74) is 0.149. The molecule has 0 aromatic heterocycles. The molecule has 13 heteroatoms. The average Bonchev–Trinajstić information content (AvgIpc) is 2.93. The normalized spacial score (nSPS) is 21.7. The molecule has 1 atom stereocenters. The van der Waals surface area contributed by atoms with Crippen molar-refractivity contribution in [3.8, 4) is 0 Å². The lowest BCUT2D eigenvalue weighted by molar-refractivity contribution is -0.138. The number of piperazine rings is 1. The first-order valence-electron chi connectivity index (χ1n) is 13.9. The molecular formula is C29H34ClF5N4O3. The quantitative estimate of drug-likeness (QED) is 0.341. The fourth-order valence-electron chi connectivity index (χ4n) is 5.48. The van der Waals surface area contributed by atoms with E-state index in [4.69, 9.17) is 11.6 Å². The Bertz CT molecular complexity index is 1290. The lowest BCUT2D eigenvalue weighted by Crippen LogP contribution is -2.52. The number of rotatable bonds is 8. The van der Waals surface area contributed by atoms with Gasteiger partial charge in [0.15, 0.2) is 11.6 Å². The van der Waals surface area contributed by atoms with Gasteiger partial charge in [0, 0.05) is 55.3 Å². The van der Waals surface area contributed by atoms with E-state index < -0.39 is 41.8 Å². The highest BCUT2D eigenvalue weighted by Gasteiger charge is 2.32. The minimum atomic E-state index is -4.24. The van der Waals surface area contributed by atoms with Gasteiger partial charge < -0.3 is 20.6 Å². The summed E-state index contributed by atoms with van der Waals surface area (Å²) in [5.74, 6) is -4.10. The van der Waals surface area contributed by atoms with Gasteiger partial charge in [-0.3, -0.25) is 14.5 Å². The Morgan fingerprint density at radius 2 is 1.76 bits per heavy atom. The van der Waals surface area contributed by atoms with Crippen LogP contribution in [0, 0.1) is 17.6 Å². The van der Waals surface area contributed by atoms with Gasteiger partial charge in [0.1, 0.15) is 0 Å². The first-order chi connectivity index (χ1) is 19.8. The van der Waals surface area contributed by atoms with Gasteiger partial charge in [-0.05, 0) is 56.9 Å². The average molecular weight is 617 g/mol. The summed E-state index contributed by atoms with van der Waals surface area (Å²) in [4.78, 5) is 29.1. The molecule has 2 aromatic carbocycles. The van der Waals surface area contributed by atoms with Gasteiger partial charge in [-0.15, -0.1) is 0 Å². The van der Waals surface area contributed by atoms with Crippen molar-refractivity contribution in [2.45, 2.75) is 63.9 Å². The lowest BCUT2D eigenvalue weighted by atomic mass is 9.87. The Balaban J connectivity index is 1.42. The molecular weight excluding hydrogens is 583 g/mol. The minimum Gasteiger partial charge on any atom is -0.393 e. The molecule has 0 unspecified atom stereocenters. The van der Waals surface area contributed by atoms with Crippen molar-refractivity contribution in [3.63, 3.8) is 0 Å². The summed E-state index contributed by atoms with van der Waals surface area (Å²) in [6, 6.07) is 6.83. The number of hydrogen-bond acceptors (Lipinski definition) is 5. The maximum atomic E-state index is 15.0. The highest BCUT2D eigenvalue weighted by molar-refractivity contribution is 6.31. The van der Waals surface area contributed by atoms with E-state index in [1.165, 1.54) is 18.2 Å². The fraction of sp³-hybridized carbons (Fsp3) is 0.517. The Kier molecular flexibility index (Phi) is 10.3. The van der Waals surface area contributed by atoms with Gasteiger partial charge >= 0.3 is 6.18 Å². The second-order valence-corrected chi connectivity index (χ2v) is 11.4. The van der Waals surface area contributed by atoms with Crippen LogP contribution in [-0.4, -0.2) is 66.3 Å². The molecule has 2 amide bonds. The first-order valence-corrected chi connectivity index (χ1v) is 14.3. The molecule has 1 heterocycles. The lowest BCUT2D eigenvalue weighted by Gasteiger charge is -2.42. The molecule has 7 nitrogen and oxygen atoms in total. The van der Waals surface area contributed by atoms with Gasteiger partial charge in [0.05, 0.1) is 29.5 Å². The fourth-order valence-corrected chi connectivity index (χ4v) is 5.65. The molecule has 1 aliphatic heterocycles. The van der Waals surface area contributed by atoms with Crippen molar-refractivity contribution in [1.82, 2.24) is 10.2 Å². The van der Waals surface area contributed by atoms with Gasteiger partial charge in [-0.25, -0.2) is 8.78 Å². The summed E-state index contributed by atoms with van der Waals surface area (Å²) >= 11 is 6.21. The van der Waals surface area contributed by atoms with Crippen molar-refractivity contribution in [3.05, 3.63) is 58.1 Å². The van der Waals surface area contributed by atoms with E-state index in [2.05, 4.69) is 10.6 Å².